The van der Waals surface area contributed by atoms with E-state index in [-0.39, 0.29) is 5.01 Å². The first-order valence-corrected chi connectivity index (χ1v) is 9.41. The van der Waals surface area contributed by atoms with Crippen molar-refractivity contribution in [2.24, 2.45) is 0 Å². The van der Waals surface area contributed by atoms with Crippen LogP contribution in [0.1, 0.15) is 49.7 Å². The summed E-state index contributed by atoms with van der Waals surface area (Å²) in [4.78, 5) is 12.5. The number of ether oxygens (including phenoxy) is 1. The lowest BCUT2D eigenvalue weighted by Gasteiger charge is -2.33. The second-order valence-corrected chi connectivity index (χ2v) is 7.51. The van der Waals surface area contributed by atoms with Gasteiger partial charge in [0, 0.05) is 12.1 Å². The molecule has 0 radical (unpaired) electrons. The van der Waals surface area contributed by atoms with Crippen LogP contribution in [0.4, 0.5) is 13.2 Å². The fourth-order valence-electron chi connectivity index (χ4n) is 3.59. The molecule has 3 rings (SSSR count). The standard InChI is InChI=1S/C20H25F3N2O3/c1-13-8-9-16(10-14(13)2)28-12-18(26)25-19(27,20(21,22)23)11-17(24-25)15-6-4-3-5-7-15/h8-10,24,27H,3-7,11-12H2,1-2H3/t19-/m1/s1. The van der Waals surface area contributed by atoms with Crippen LogP contribution in [0.2, 0.25) is 0 Å². The van der Waals surface area contributed by atoms with E-state index >= 15 is 0 Å². The Hall–Kier alpha value is -2.22. The lowest BCUT2D eigenvalue weighted by molar-refractivity contribution is -0.304. The van der Waals surface area contributed by atoms with E-state index in [0.29, 0.717) is 24.3 Å². The van der Waals surface area contributed by atoms with E-state index in [1.54, 1.807) is 18.2 Å². The Morgan fingerprint density at radius 1 is 1.21 bits per heavy atom. The molecule has 0 unspecified atom stereocenters. The summed E-state index contributed by atoms with van der Waals surface area (Å²) >= 11 is 0. The molecule has 154 valence electrons. The van der Waals surface area contributed by atoms with Crippen LogP contribution in [0, 0.1) is 13.8 Å². The van der Waals surface area contributed by atoms with Gasteiger partial charge in [-0.2, -0.15) is 13.2 Å². The predicted octanol–water partition coefficient (Wildman–Crippen LogP) is 3.89. The van der Waals surface area contributed by atoms with Crippen molar-refractivity contribution in [1.82, 2.24) is 10.4 Å². The second-order valence-electron chi connectivity index (χ2n) is 7.51. The first kappa shape index (κ1) is 20.5. The number of hydrogen-bond donors (Lipinski definition) is 2. The number of nitrogens with zero attached hydrogens (tertiary/aromatic N) is 1. The number of benzene rings is 1. The Bertz CT molecular complexity index is 783. The van der Waals surface area contributed by atoms with E-state index in [2.05, 4.69) is 5.43 Å². The number of carbonyl (C=O) groups is 1. The van der Waals surface area contributed by atoms with Gasteiger partial charge < -0.3 is 9.84 Å². The number of nitrogens with one attached hydrogen (secondary N) is 1. The summed E-state index contributed by atoms with van der Waals surface area (Å²) in [5, 5.41) is 10.6. The monoisotopic (exact) mass is 398 g/mol. The van der Waals surface area contributed by atoms with Crippen molar-refractivity contribution in [1.29, 1.82) is 0 Å². The van der Waals surface area contributed by atoms with Gasteiger partial charge in [0.2, 0.25) is 0 Å². The summed E-state index contributed by atoms with van der Waals surface area (Å²) in [6, 6.07) is 5.17. The number of alkyl halides is 3. The molecule has 1 aromatic rings. The molecule has 8 heteroatoms. The smallest absolute Gasteiger partial charge is 0.438 e. The maximum absolute atomic E-state index is 13.6. The Balaban J connectivity index is 1.78. The third kappa shape index (κ3) is 3.97. The largest absolute Gasteiger partial charge is 0.484 e. The molecule has 2 aliphatic rings. The summed E-state index contributed by atoms with van der Waals surface area (Å²) < 4.78 is 46.2. The molecule has 1 heterocycles. The number of hydrazine groups is 1. The number of hydrogen-bond acceptors (Lipinski definition) is 4. The van der Waals surface area contributed by atoms with Crippen molar-refractivity contribution in [3.63, 3.8) is 0 Å². The van der Waals surface area contributed by atoms with Gasteiger partial charge in [0.05, 0.1) is 0 Å². The fraction of sp³-hybridized carbons (Fsp3) is 0.550. The summed E-state index contributed by atoms with van der Waals surface area (Å²) in [7, 11) is 0. The number of allylic oxidation sites excluding steroid dienone is 1. The average molecular weight is 398 g/mol. The van der Waals surface area contributed by atoms with Crippen LogP contribution in [0.15, 0.2) is 29.5 Å². The van der Waals surface area contributed by atoms with E-state index in [0.717, 1.165) is 36.0 Å². The summed E-state index contributed by atoms with van der Waals surface area (Å²) in [5.74, 6) is -0.596. The van der Waals surface area contributed by atoms with E-state index in [1.165, 1.54) is 0 Å². The Kier molecular flexibility index (Phi) is 5.61. The number of rotatable bonds is 3. The molecule has 0 aromatic heterocycles. The van der Waals surface area contributed by atoms with Gasteiger partial charge in [-0.15, -0.1) is 0 Å². The highest BCUT2D eigenvalue weighted by Crippen LogP contribution is 2.43. The van der Waals surface area contributed by atoms with Gasteiger partial charge in [-0.05, 0) is 68.4 Å². The third-order valence-electron chi connectivity index (χ3n) is 5.47. The minimum absolute atomic E-state index is 0.283. The molecule has 2 N–H and O–H groups in total. The molecular formula is C20H25F3N2O3. The van der Waals surface area contributed by atoms with E-state index in [4.69, 9.17) is 4.74 Å². The molecule has 1 aliphatic carbocycles. The summed E-state index contributed by atoms with van der Waals surface area (Å²) in [5.41, 5.74) is 2.37. The maximum Gasteiger partial charge on any atom is 0.438 e. The second kappa shape index (κ2) is 7.66. The van der Waals surface area contributed by atoms with Crippen molar-refractivity contribution in [3.05, 3.63) is 40.6 Å². The zero-order chi connectivity index (χ0) is 20.5. The summed E-state index contributed by atoms with van der Waals surface area (Å²) in [6.07, 6.45) is -1.49. The van der Waals surface area contributed by atoms with Crippen molar-refractivity contribution in [2.75, 3.05) is 6.61 Å². The molecule has 0 spiro atoms. The SMILES string of the molecule is Cc1ccc(OCC(=O)N2NC(=C3CCCCC3)C[C@@]2(O)C(F)(F)F)cc1C. The number of aliphatic hydroxyl groups is 1. The van der Waals surface area contributed by atoms with Crippen LogP contribution >= 0.6 is 0 Å². The van der Waals surface area contributed by atoms with Crippen LogP contribution in [-0.4, -0.2) is 34.5 Å². The number of halogens is 3. The van der Waals surface area contributed by atoms with Crippen LogP contribution in [0.3, 0.4) is 0 Å². The minimum atomic E-state index is -4.99. The van der Waals surface area contributed by atoms with E-state index in [9.17, 15) is 23.1 Å². The highest BCUT2D eigenvalue weighted by atomic mass is 19.4. The molecule has 1 aromatic carbocycles. The van der Waals surface area contributed by atoms with Gasteiger partial charge in [-0.1, -0.05) is 12.5 Å². The van der Waals surface area contributed by atoms with Crippen LogP contribution in [-0.2, 0) is 4.79 Å². The Labute approximate surface area is 162 Å². The average Bonchev–Trinajstić information content (AvgIpc) is 3.02. The number of amides is 1. The summed E-state index contributed by atoms with van der Waals surface area (Å²) in [6.45, 7) is 3.18. The van der Waals surface area contributed by atoms with Gasteiger partial charge in [0.1, 0.15) is 5.75 Å². The molecule has 1 amide bonds. The van der Waals surface area contributed by atoms with Gasteiger partial charge >= 0.3 is 6.18 Å². The fourth-order valence-corrected chi connectivity index (χ4v) is 3.59. The molecule has 5 nitrogen and oxygen atoms in total. The third-order valence-corrected chi connectivity index (χ3v) is 5.47. The van der Waals surface area contributed by atoms with Gasteiger partial charge in [-0.25, -0.2) is 5.01 Å². The number of carbonyl (C=O) groups excluding carboxylic acids is 1. The van der Waals surface area contributed by atoms with Gasteiger partial charge in [0.25, 0.3) is 11.6 Å². The molecule has 1 saturated heterocycles. The van der Waals surface area contributed by atoms with Crippen LogP contribution < -0.4 is 10.2 Å². The molecule has 0 bridgehead atoms. The van der Waals surface area contributed by atoms with Gasteiger partial charge in [0.15, 0.2) is 6.61 Å². The Morgan fingerprint density at radius 2 is 1.89 bits per heavy atom. The van der Waals surface area contributed by atoms with Crippen molar-refractivity contribution in [2.45, 2.75) is 64.3 Å². The van der Waals surface area contributed by atoms with E-state index < -0.39 is 30.8 Å². The van der Waals surface area contributed by atoms with Crippen molar-refractivity contribution < 1.29 is 27.8 Å². The normalized spacial score (nSPS) is 23.0. The molecule has 2 fully saturated rings. The minimum Gasteiger partial charge on any atom is -0.484 e. The quantitative estimate of drug-likeness (QED) is 0.811. The highest BCUT2D eigenvalue weighted by Gasteiger charge is 2.63. The molecule has 28 heavy (non-hydrogen) atoms. The zero-order valence-corrected chi connectivity index (χ0v) is 16.0. The van der Waals surface area contributed by atoms with E-state index in [1.807, 2.05) is 13.8 Å². The topological polar surface area (TPSA) is 61.8 Å². The molecule has 1 saturated carbocycles. The number of aryl methyl sites for hydroxylation is 2. The molecule has 1 aliphatic heterocycles. The zero-order valence-electron chi connectivity index (χ0n) is 16.0. The highest BCUT2D eigenvalue weighted by molar-refractivity contribution is 5.79. The molecule has 1 atom stereocenters. The first-order chi connectivity index (χ1) is 13.1. The lowest BCUT2D eigenvalue weighted by atomic mass is 9.91. The van der Waals surface area contributed by atoms with Gasteiger partial charge in [-0.3, -0.25) is 10.2 Å². The predicted molar refractivity (Wildman–Crippen MR) is 97.1 cm³/mol. The molecular weight excluding hydrogens is 373 g/mol. The Morgan fingerprint density at radius 3 is 2.50 bits per heavy atom. The van der Waals surface area contributed by atoms with Crippen LogP contribution in [0.25, 0.3) is 0 Å². The first-order valence-electron chi connectivity index (χ1n) is 9.41. The lowest BCUT2D eigenvalue weighted by Crippen LogP contribution is -2.60. The van der Waals surface area contributed by atoms with Crippen molar-refractivity contribution >= 4 is 5.91 Å². The van der Waals surface area contributed by atoms with Crippen molar-refractivity contribution in [3.8, 4) is 5.75 Å². The van der Waals surface area contributed by atoms with Crippen LogP contribution in [0.5, 0.6) is 5.75 Å². The maximum atomic E-state index is 13.6.